The van der Waals surface area contributed by atoms with Gasteiger partial charge in [0.2, 0.25) is 5.88 Å². The number of aryl methyl sites for hydroxylation is 2. The summed E-state index contributed by atoms with van der Waals surface area (Å²) in [5, 5.41) is 0. The topological polar surface area (TPSA) is 35.0 Å². The van der Waals surface area contributed by atoms with Crippen molar-refractivity contribution < 1.29 is 4.74 Å². The zero-order chi connectivity index (χ0) is 11.5. The minimum atomic E-state index is 0.534. The van der Waals surface area contributed by atoms with E-state index in [0.717, 1.165) is 15.9 Å². The highest BCUT2D eigenvalue weighted by Gasteiger charge is 2.06. The summed E-state index contributed by atoms with van der Waals surface area (Å²) in [4.78, 5) is 8.25. The molecule has 1 aromatic carbocycles. The van der Waals surface area contributed by atoms with E-state index >= 15 is 0 Å². The fourth-order valence-electron chi connectivity index (χ4n) is 1.29. The van der Waals surface area contributed by atoms with Crippen LogP contribution in [0.3, 0.4) is 0 Å². The van der Waals surface area contributed by atoms with Gasteiger partial charge in [0, 0.05) is 12.4 Å². The van der Waals surface area contributed by atoms with Crippen molar-refractivity contribution >= 4 is 15.9 Å². The number of hydrogen-bond acceptors (Lipinski definition) is 3. The first kappa shape index (κ1) is 11.1. The summed E-state index contributed by atoms with van der Waals surface area (Å²) >= 11 is 3.46. The fourth-order valence-corrected chi connectivity index (χ4v) is 1.86. The lowest BCUT2D eigenvalue weighted by molar-refractivity contribution is 0.452. The summed E-state index contributed by atoms with van der Waals surface area (Å²) in [6.45, 7) is 3.90. The van der Waals surface area contributed by atoms with Crippen molar-refractivity contribution in [3.63, 3.8) is 0 Å². The van der Waals surface area contributed by atoms with Crippen molar-refractivity contribution in [1.29, 1.82) is 0 Å². The molecule has 1 aromatic heterocycles. The number of halogens is 1. The molecule has 0 aliphatic rings. The van der Waals surface area contributed by atoms with Crippen molar-refractivity contribution in [2.75, 3.05) is 0 Å². The van der Waals surface area contributed by atoms with Gasteiger partial charge in [0.05, 0.1) is 10.2 Å². The smallest absolute Gasteiger partial charge is 0.240 e. The van der Waals surface area contributed by atoms with Crippen LogP contribution < -0.4 is 4.74 Å². The van der Waals surface area contributed by atoms with Gasteiger partial charge in [0.1, 0.15) is 5.75 Å². The average molecular weight is 279 g/mol. The second-order valence-corrected chi connectivity index (χ2v) is 4.34. The van der Waals surface area contributed by atoms with E-state index in [1.54, 1.807) is 12.4 Å². The summed E-state index contributed by atoms with van der Waals surface area (Å²) in [7, 11) is 0. The van der Waals surface area contributed by atoms with E-state index in [2.05, 4.69) is 25.9 Å². The molecule has 82 valence electrons. The van der Waals surface area contributed by atoms with Gasteiger partial charge in [0.15, 0.2) is 0 Å². The molecule has 0 N–H and O–H groups in total. The number of hydrogen-bond donors (Lipinski definition) is 0. The lowest BCUT2D eigenvalue weighted by atomic mass is 10.2. The van der Waals surface area contributed by atoms with Crippen molar-refractivity contribution in [2.45, 2.75) is 13.8 Å². The Bertz CT molecular complexity index is 514. The fraction of sp³-hybridized carbons (Fsp3) is 0.167. The van der Waals surface area contributed by atoms with E-state index in [1.165, 1.54) is 5.56 Å². The van der Waals surface area contributed by atoms with Gasteiger partial charge in [0.25, 0.3) is 0 Å². The van der Waals surface area contributed by atoms with E-state index in [1.807, 2.05) is 32.0 Å². The van der Waals surface area contributed by atoms with Gasteiger partial charge in [-0.05, 0) is 47.5 Å². The van der Waals surface area contributed by atoms with E-state index < -0.39 is 0 Å². The van der Waals surface area contributed by atoms with Crippen LogP contribution >= 0.6 is 15.9 Å². The molecule has 2 rings (SSSR count). The standard InChI is InChI=1S/C12H11BrN2O/c1-8-3-4-11(10(13)7-8)16-12-9(2)14-5-6-15-12/h3-7H,1-2H3. The van der Waals surface area contributed by atoms with Gasteiger partial charge < -0.3 is 4.74 Å². The minimum Gasteiger partial charge on any atom is -0.436 e. The number of ether oxygens (including phenoxy) is 1. The van der Waals surface area contributed by atoms with Crippen molar-refractivity contribution in [3.05, 3.63) is 46.3 Å². The molecule has 0 spiro atoms. The zero-order valence-electron chi connectivity index (χ0n) is 9.07. The first-order chi connectivity index (χ1) is 7.66. The molecule has 0 bridgehead atoms. The Morgan fingerprint density at radius 2 is 1.88 bits per heavy atom. The predicted molar refractivity (Wildman–Crippen MR) is 65.7 cm³/mol. The van der Waals surface area contributed by atoms with Crippen LogP contribution in [0.2, 0.25) is 0 Å². The molecule has 0 aliphatic carbocycles. The second-order valence-electron chi connectivity index (χ2n) is 3.48. The Balaban J connectivity index is 2.31. The molecule has 16 heavy (non-hydrogen) atoms. The van der Waals surface area contributed by atoms with Gasteiger partial charge >= 0.3 is 0 Å². The van der Waals surface area contributed by atoms with Gasteiger partial charge in [-0.25, -0.2) is 4.98 Å². The molecule has 2 aromatic rings. The predicted octanol–water partition coefficient (Wildman–Crippen LogP) is 3.65. The van der Waals surface area contributed by atoms with E-state index in [4.69, 9.17) is 4.74 Å². The molecule has 0 atom stereocenters. The Morgan fingerprint density at radius 3 is 2.56 bits per heavy atom. The van der Waals surface area contributed by atoms with Crippen LogP contribution in [-0.4, -0.2) is 9.97 Å². The number of benzene rings is 1. The molecular formula is C12H11BrN2O. The highest BCUT2D eigenvalue weighted by molar-refractivity contribution is 9.10. The minimum absolute atomic E-state index is 0.534. The third kappa shape index (κ3) is 2.39. The van der Waals surface area contributed by atoms with E-state index in [-0.39, 0.29) is 0 Å². The summed E-state index contributed by atoms with van der Waals surface area (Å²) in [6, 6.07) is 5.90. The monoisotopic (exact) mass is 278 g/mol. The largest absolute Gasteiger partial charge is 0.436 e. The highest BCUT2D eigenvalue weighted by Crippen LogP contribution is 2.30. The van der Waals surface area contributed by atoms with Crippen molar-refractivity contribution in [1.82, 2.24) is 9.97 Å². The number of nitrogens with zero attached hydrogens (tertiary/aromatic N) is 2. The lowest BCUT2D eigenvalue weighted by Crippen LogP contribution is -1.93. The van der Waals surface area contributed by atoms with Crippen LogP contribution in [0.1, 0.15) is 11.3 Å². The SMILES string of the molecule is Cc1ccc(Oc2nccnc2C)c(Br)c1. The zero-order valence-corrected chi connectivity index (χ0v) is 10.7. The van der Waals surface area contributed by atoms with Gasteiger partial charge in [-0.3, -0.25) is 4.98 Å². The lowest BCUT2D eigenvalue weighted by Gasteiger charge is -2.08. The summed E-state index contributed by atoms with van der Waals surface area (Å²) in [6.07, 6.45) is 3.26. The Kier molecular flexibility index (Phi) is 3.19. The van der Waals surface area contributed by atoms with Crippen LogP contribution in [0.5, 0.6) is 11.6 Å². The normalized spacial score (nSPS) is 10.2. The molecule has 0 radical (unpaired) electrons. The Labute approximate surface area is 103 Å². The molecular weight excluding hydrogens is 268 g/mol. The van der Waals surface area contributed by atoms with Gasteiger partial charge in [-0.1, -0.05) is 6.07 Å². The molecule has 1 heterocycles. The first-order valence-electron chi connectivity index (χ1n) is 4.88. The molecule has 0 saturated carbocycles. The third-order valence-corrected chi connectivity index (χ3v) is 2.75. The maximum absolute atomic E-state index is 5.67. The average Bonchev–Trinajstić information content (AvgIpc) is 2.25. The van der Waals surface area contributed by atoms with Crippen LogP contribution in [0.25, 0.3) is 0 Å². The summed E-state index contributed by atoms with van der Waals surface area (Å²) < 4.78 is 6.59. The quantitative estimate of drug-likeness (QED) is 0.841. The first-order valence-corrected chi connectivity index (χ1v) is 5.68. The third-order valence-electron chi connectivity index (χ3n) is 2.13. The highest BCUT2D eigenvalue weighted by atomic mass is 79.9. The molecule has 0 amide bonds. The Morgan fingerprint density at radius 1 is 1.12 bits per heavy atom. The maximum atomic E-state index is 5.67. The second kappa shape index (κ2) is 4.61. The van der Waals surface area contributed by atoms with Crippen molar-refractivity contribution in [2.24, 2.45) is 0 Å². The summed E-state index contributed by atoms with van der Waals surface area (Å²) in [5.41, 5.74) is 1.95. The molecule has 0 aliphatic heterocycles. The molecule has 4 heteroatoms. The molecule has 0 saturated heterocycles. The van der Waals surface area contributed by atoms with Gasteiger partial charge in [-0.15, -0.1) is 0 Å². The van der Waals surface area contributed by atoms with Crippen molar-refractivity contribution in [3.8, 4) is 11.6 Å². The molecule has 0 unspecified atom stereocenters. The van der Waals surface area contributed by atoms with Crippen LogP contribution in [0, 0.1) is 13.8 Å². The van der Waals surface area contributed by atoms with Crippen LogP contribution in [0.4, 0.5) is 0 Å². The van der Waals surface area contributed by atoms with E-state index in [0.29, 0.717) is 5.88 Å². The van der Waals surface area contributed by atoms with Gasteiger partial charge in [-0.2, -0.15) is 0 Å². The number of rotatable bonds is 2. The van der Waals surface area contributed by atoms with Crippen LogP contribution in [-0.2, 0) is 0 Å². The molecule has 3 nitrogen and oxygen atoms in total. The van der Waals surface area contributed by atoms with Crippen LogP contribution in [0.15, 0.2) is 35.1 Å². The maximum Gasteiger partial charge on any atom is 0.240 e. The number of aromatic nitrogens is 2. The summed E-state index contributed by atoms with van der Waals surface area (Å²) in [5.74, 6) is 1.28. The van der Waals surface area contributed by atoms with E-state index in [9.17, 15) is 0 Å². The molecule has 0 fully saturated rings. The Hall–Kier alpha value is -1.42.